The maximum atomic E-state index is 7.71. The van der Waals surface area contributed by atoms with Crippen LogP contribution in [0.15, 0.2) is 103 Å². The average molecular weight is 424 g/mol. The summed E-state index contributed by atoms with van der Waals surface area (Å²) in [6.07, 6.45) is 11.9. The number of benzene rings is 2. The minimum atomic E-state index is 0.349. The molecule has 2 heterocycles. The second kappa shape index (κ2) is 10.5. The van der Waals surface area contributed by atoms with Crippen LogP contribution in [-0.4, -0.2) is 27.5 Å². The van der Waals surface area contributed by atoms with Gasteiger partial charge < -0.3 is 4.90 Å². The molecule has 1 saturated heterocycles. The number of hydrogen-bond donors (Lipinski definition) is 1. The van der Waals surface area contributed by atoms with Crippen LogP contribution >= 0.6 is 0 Å². The lowest BCUT2D eigenvalue weighted by molar-refractivity contribution is 0.147. The third-order valence-corrected chi connectivity index (χ3v) is 5.98. The van der Waals surface area contributed by atoms with Crippen molar-refractivity contribution in [3.05, 3.63) is 109 Å². The van der Waals surface area contributed by atoms with Gasteiger partial charge >= 0.3 is 0 Å². The summed E-state index contributed by atoms with van der Waals surface area (Å²) in [5.74, 6) is 0.746. The van der Waals surface area contributed by atoms with Gasteiger partial charge in [0.25, 0.3) is 0 Å². The van der Waals surface area contributed by atoms with Crippen LogP contribution < -0.4 is 0 Å². The van der Waals surface area contributed by atoms with Crippen molar-refractivity contribution in [2.75, 3.05) is 6.54 Å². The molecule has 0 bridgehead atoms. The van der Waals surface area contributed by atoms with Crippen molar-refractivity contribution in [1.29, 1.82) is 5.53 Å². The molecule has 3 aromatic rings. The predicted molar refractivity (Wildman–Crippen MR) is 129 cm³/mol. The van der Waals surface area contributed by atoms with E-state index in [-0.39, 0.29) is 0 Å². The topological polar surface area (TPSA) is 55.6 Å². The first-order chi connectivity index (χ1) is 15.7. The number of aromatic nitrogens is 1. The molecular formula is C27H29N5. The predicted octanol–water partition coefficient (Wildman–Crippen LogP) is 6.54. The van der Waals surface area contributed by atoms with Crippen LogP contribution in [0.4, 0.5) is 0 Å². The Balaban J connectivity index is 1.44. The van der Waals surface area contributed by atoms with Crippen LogP contribution in [0.2, 0.25) is 0 Å². The molecule has 0 aliphatic carbocycles. The average Bonchev–Trinajstić information content (AvgIpc) is 2.86. The van der Waals surface area contributed by atoms with Gasteiger partial charge in [-0.2, -0.15) is 5.53 Å². The quantitative estimate of drug-likeness (QED) is 0.331. The molecule has 1 aromatic heterocycles. The molecule has 4 rings (SSSR count). The number of hydrogen-bond acceptors (Lipinski definition) is 4. The fraction of sp³-hybridized carbons (Fsp3) is 0.222. The highest BCUT2D eigenvalue weighted by Gasteiger charge is 2.25. The van der Waals surface area contributed by atoms with Gasteiger partial charge in [-0.25, -0.2) is 5.01 Å². The monoisotopic (exact) mass is 423 g/mol. The first-order valence-electron chi connectivity index (χ1n) is 11.1. The summed E-state index contributed by atoms with van der Waals surface area (Å²) >= 11 is 0. The van der Waals surface area contributed by atoms with Gasteiger partial charge in [0, 0.05) is 31.2 Å². The molecule has 0 radical (unpaired) electrons. The molecule has 32 heavy (non-hydrogen) atoms. The van der Waals surface area contributed by atoms with Crippen LogP contribution in [-0.2, 0) is 6.42 Å². The minimum absolute atomic E-state index is 0.349. The summed E-state index contributed by atoms with van der Waals surface area (Å²) in [5.41, 5.74) is 12.4. The van der Waals surface area contributed by atoms with E-state index in [0.29, 0.717) is 6.04 Å². The van der Waals surface area contributed by atoms with Crippen LogP contribution in [0.25, 0.3) is 17.2 Å². The summed E-state index contributed by atoms with van der Waals surface area (Å²) < 4.78 is 0. The molecule has 162 valence electrons. The van der Waals surface area contributed by atoms with E-state index in [9.17, 15) is 0 Å². The van der Waals surface area contributed by atoms with E-state index in [1.807, 2.05) is 42.9 Å². The zero-order valence-corrected chi connectivity index (χ0v) is 18.3. The van der Waals surface area contributed by atoms with Crippen LogP contribution in [0.3, 0.4) is 0 Å². The van der Waals surface area contributed by atoms with E-state index in [1.54, 1.807) is 5.01 Å². The molecule has 2 aromatic carbocycles. The summed E-state index contributed by atoms with van der Waals surface area (Å²) in [4.78, 5) is 6.42. The second-order valence-corrected chi connectivity index (χ2v) is 8.07. The van der Waals surface area contributed by atoms with Gasteiger partial charge in [-0.1, -0.05) is 66.4 Å². The number of nitrogens with zero attached hydrogens (tertiary/aromatic N) is 4. The summed E-state index contributed by atoms with van der Waals surface area (Å²) in [7, 11) is 0. The Labute approximate surface area is 190 Å². The molecule has 1 unspecified atom stereocenters. The van der Waals surface area contributed by atoms with Crippen molar-refractivity contribution in [2.45, 2.75) is 31.7 Å². The first kappa shape index (κ1) is 21.5. The van der Waals surface area contributed by atoms with Gasteiger partial charge in [-0.15, -0.1) is 0 Å². The molecule has 5 nitrogen and oxygen atoms in total. The molecular weight excluding hydrogens is 394 g/mol. The van der Waals surface area contributed by atoms with Crippen molar-refractivity contribution in [1.82, 2.24) is 14.9 Å². The van der Waals surface area contributed by atoms with E-state index in [2.05, 4.69) is 70.2 Å². The first-order valence-corrected chi connectivity index (χ1v) is 11.1. The summed E-state index contributed by atoms with van der Waals surface area (Å²) in [6.45, 7) is 5.21. The molecule has 1 fully saturated rings. The highest BCUT2D eigenvalue weighted by Crippen LogP contribution is 2.26. The number of rotatable bonds is 8. The van der Waals surface area contributed by atoms with Crippen molar-refractivity contribution in [3.8, 4) is 11.1 Å². The van der Waals surface area contributed by atoms with E-state index < -0.39 is 0 Å². The Morgan fingerprint density at radius 2 is 1.75 bits per heavy atom. The lowest BCUT2D eigenvalue weighted by Crippen LogP contribution is -2.42. The van der Waals surface area contributed by atoms with Crippen LogP contribution in [0.1, 0.15) is 30.4 Å². The van der Waals surface area contributed by atoms with Crippen molar-refractivity contribution < 1.29 is 0 Å². The Bertz CT molecular complexity index is 1040. The Morgan fingerprint density at radius 3 is 2.47 bits per heavy atom. The molecule has 0 amide bonds. The smallest absolute Gasteiger partial charge is 0.124 e. The van der Waals surface area contributed by atoms with Crippen molar-refractivity contribution >= 4 is 6.08 Å². The molecule has 5 heteroatoms. The van der Waals surface area contributed by atoms with Gasteiger partial charge in [0.1, 0.15) is 5.82 Å². The fourth-order valence-electron chi connectivity index (χ4n) is 4.23. The number of nitrogens with one attached hydrogen (secondary N) is 1. The SMILES string of the molecule is C=C(N(/C=C/c1ccc(-c2ccccc2)cc1)N=N)N1CCCCC1Cc1ccncc1. The zero-order chi connectivity index (χ0) is 22.2. The summed E-state index contributed by atoms with van der Waals surface area (Å²) in [5, 5.41) is 5.30. The number of likely N-dealkylation sites (tertiary alicyclic amines) is 1. The minimum Gasteiger partial charge on any atom is -0.354 e. The number of pyridine rings is 1. The Kier molecular flexibility index (Phi) is 7.08. The second-order valence-electron chi connectivity index (χ2n) is 8.07. The van der Waals surface area contributed by atoms with Crippen LogP contribution in [0.5, 0.6) is 0 Å². The Morgan fingerprint density at radius 1 is 1.03 bits per heavy atom. The van der Waals surface area contributed by atoms with E-state index in [4.69, 9.17) is 5.53 Å². The third kappa shape index (κ3) is 5.30. The van der Waals surface area contributed by atoms with Crippen molar-refractivity contribution in [3.63, 3.8) is 0 Å². The van der Waals surface area contributed by atoms with Gasteiger partial charge in [0.2, 0.25) is 0 Å². The van der Waals surface area contributed by atoms with Gasteiger partial charge in [0.05, 0.1) is 0 Å². The zero-order valence-electron chi connectivity index (χ0n) is 18.3. The lowest BCUT2D eigenvalue weighted by atomic mass is 9.96. The molecule has 0 saturated carbocycles. The van der Waals surface area contributed by atoms with Crippen LogP contribution in [0, 0.1) is 5.53 Å². The largest absolute Gasteiger partial charge is 0.354 e. The fourth-order valence-corrected chi connectivity index (χ4v) is 4.23. The molecule has 0 spiro atoms. The van der Waals surface area contributed by atoms with Gasteiger partial charge in [-0.3, -0.25) is 4.98 Å². The molecule has 1 aliphatic heterocycles. The van der Waals surface area contributed by atoms with E-state index in [1.165, 1.54) is 23.1 Å². The summed E-state index contributed by atoms with van der Waals surface area (Å²) in [6, 6.07) is 23.2. The lowest BCUT2D eigenvalue weighted by Gasteiger charge is -2.40. The van der Waals surface area contributed by atoms with Crippen molar-refractivity contribution in [2.24, 2.45) is 5.22 Å². The standard InChI is InChI=1S/C27H29N5/c1-22(31-19-6-5-9-27(31)21-24-14-17-29-18-15-24)32(30-28)20-16-23-10-12-26(13-11-23)25-7-3-2-4-8-25/h2-4,7-8,10-18,20,27-28H,1,5-6,9,19,21H2/b20-16+,30-28?. The van der Waals surface area contributed by atoms with Gasteiger partial charge in [0.15, 0.2) is 0 Å². The third-order valence-electron chi connectivity index (χ3n) is 5.98. The normalized spacial score (nSPS) is 16.1. The maximum Gasteiger partial charge on any atom is 0.124 e. The highest BCUT2D eigenvalue weighted by molar-refractivity contribution is 5.65. The molecule has 1 aliphatic rings. The number of piperidine rings is 1. The Hall–Kier alpha value is -3.73. The maximum absolute atomic E-state index is 7.71. The molecule has 1 N–H and O–H groups in total. The van der Waals surface area contributed by atoms with E-state index in [0.717, 1.165) is 37.2 Å². The van der Waals surface area contributed by atoms with Gasteiger partial charge in [-0.05, 0) is 66.1 Å². The highest BCUT2D eigenvalue weighted by atomic mass is 15.6. The van der Waals surface area contributed by atoms with E-state index >= 15 is 0 Å². The molecule has 1 atom stereocenters.